The number of nitrogens with two attached hydrogens (primary N) is 1. The molecule has 0 spiro atoms. The highest BCUT2D eigenvalue weighted by Gasteiger charge is 2.08. The Morgan fingerprint density at radius 1 is 1.58 bits per heavy atom. The third kappa shape index (κ3) is 2.64. The van der Waals surface area contributed by atoms with Gasteiger partial charge in [-0.25, -0.2) is 4.63 Å². The summed E-state index contributed by atoms with van der Waals surface area (Å²) in [6.07, 6.45) is 0. The first-order valence-electron chi connectivity index (χ1n) is 2.90. The highest BCUT2D eigenvalue weighted by molar-refractivity contribution is 14.1. The Morgan fingerprint density at radius 2 is 2.17 bits per heavy atom. The van der Waals surface area contributed by atoms with Gasteiger partial charge in [-0.05, 0) is 22.2 Å². The second-order valence-electron chi connectivity index (χ2n) is 1.68. The summed E-state index contributed by atoms with van der Waals surface area (Å²) in [6, 6.07) is 0. The van der Waals surface area contributed by atoms with Crippen LogP contribution >= 0.6 is 22.6 Å². The molecule has 1 aromatic rings. The lowest BCUT2D eigenvalue weighted by molar-refractivity contribution is 0.305. The second kappa shape index (κ2) is 5.75. The molecule has 0 aliphatic carbocycles. The first-order chi connectivity index (χ1) is 5.75. The molecule has 0 aliphatic rings. The lowest BCUT2D eigenvalue weighted by Gasteiger charge is -1.87. The summed E-state index contributed by atoms with van der Waals surface area (Å²) in [7, 11) is 0. The average molecular weight is 284 g/mol. The molecule has 0 aromatic carbocycles. The summed E-state index contributed by atoms with van der Waals surface area (Å²) in [4.78, 5) is 1.97. The van der Waals surface area contributed by atoms with Gasteiger partial charge < -0.3 is 10.9 Å². The van der Waals surface area contributed by atoms with Crippen LogP contribution in [-0.2, 0) is 0 Å². The number of anilines is 1. The van der Waals surface area contributed by atoms with Crippen molar-refractivity contribution in [1.82, 2.24) is 10.3 Å². The van der Waals surface area contributed by atoms with Crippen LogP contribution in [-0.4, -0.2) is 26.2 Å². The van der Waals surface area contributed by atoms with Crippen molar-refractivity contribution < 1.29 is 9.84 Å². The number of hydrogen-bond acceptors (Lipinski definition) is 6. The van der Waals surface area contributed by atoms with Crippen molar-refractivity contribution in [3.05, 3.63) is 5.69 Å². The summed E-state index contributed by atoms with van der Waals surface area (Å²) >= 11 is 2.15. The van der Waals surface area contributed by atoms with Crippen LogP contribution < -0.4 is 5.73 Å². The SMILES string of the molecule is C/C(=N\O)c1nonc1N.CI. The van der Waals surface area contributed by atoms with Crippen molar-refractivity contribution in [1.29, 1.82) is 0 Å². The van der Waals surface area contributed by atoms with E-state index in [2.05, 4.69) is 42.7 Å². The standard InChI is InChI=1S/C4H6N4O2.CH3I/c1-2(6-9)3-4(5)8-10-7-3;1-2/h9H,1H3,(H2,5,8);1H3/b6-2+;. The number of alkyl halides is 1. The molecule has 0 saturated heterocycles. The van der Waals surface area contributed by atoms with Gasteiger partial charge in [-0.3, -0.25) is 0 Å². The molecule has 6 nitrogen and oxygen atoms in total. The topological polar surface area (TPSA) is 97.5 Å². The smallest absolute Gasteiger partial charge is 0.197 e. The minimum atomic E-state index is 0.121. The van der Waals surface area contributed by atoms with Crippen LogP contribution in [0.1, 0.15) is 12.6 Å². The zero-order valence-corrected chi connectivity index (χ0v) is 8.81. The first-order valence-corrected chi connectivity index (χ1v) is 5.06. The van der Waals surface area contributed by atoms with Gasteiger partial charge in [0.15, 0.2) is 11.5 Å². The van der Waals surface area contributed by atoms with Crippen molar-refractivity contribution in [3.8, 4) is 0 Å². The molecule has 0 fully saturated rings. The zero-order chi connectivity index (χ0) is 9.56. The van der Waals surface area contributed by atoms with Crippen LogP contribution in [0.3, 0.4) is 0 Å². The monoisotopic (exact) mass is 284 g/mol. The second-order valence-corrected chi connectivity index (χ2v) is 1.68. The number of rotatable bonds is 1. The molecule has 68 valence electrons. The van der Waals surface area contributed by atoms with Gasteiger partial charge in [0.25, 0.3) is 0 Å². The molecule has 1 aromatic heterocycles. The number of nitrogens with zero attached hydrogens (tertiary/aromatic N) is 3. The summed E-state index contributed by atoms with van der Waals surface area (Å²) in [5.74, 6) is 0.121. The fourth-order valence-corrected chi connectivity index (χ4v) is 0.494. The van der Waals surface area contributed by atoms with Crippen molar-refractivity contribution in [2.45, 2.75) is 6.92 Å². The third-order valence-corrected chi connectivity index (χ3v) is 1.01. The largest absolute Gasteiger partial charge is 0.411 e. The Labute approximate surface area is 82.9 Å². The molecule has 3 N–H and O–H groups in total. The average Bonchev–Trinajstić information content (AvgIpc) is 2.54. The Balaban J connectivity index is 0.000000561. The first kappa shape index (κ1) is 11.1. The van der Waals surface area contributed by atoms with Crippen molar-refractivity contribution >= 4 is 34.1 Å². The number of oxime groups is 1. The molecular formula is C5H9IN4O2. The molecule has 0 unspecified atom stereocenters. The predicted molar refractivity (Wildman–Crippen MR) is 52.7 cm³/mol. The van der Waals surface area contributed by atoms with Gasteiger partial charge >= 0.3 is 0 Å². The Hall–Kier alpha value is -0.860. The molecular weight excluding hydrogens is 275 g/mol. The Kier molecular flexibility index (Phi) is 5.34. The maximum absolute atomic E-state index is 8.25. The van der Waals surface area contributed by atoms with Crippen LogP contribution in [0, 0.1) is 0 Å². The van der Waals surface area contributed by atoms with Crippen LogP contribution in [0.5, 0.6) is 0 Å². The molecule has 12 heavy (non-hydrogen) atoms. The van der Waals surface area contributed by atoms with Gasteiger partial charge in [0.05, 0.1) is 0 Å². The maximum atomic E-state index is 8.25. The molecule has 0 radical (unpaired) electrons. The summed E-state index contributed by atoms with van der Waals surface area (Å²) in [6.45, 7) is 1.54. The van der Waals surface area contributed by atoms with Crippen molar-refractivity contribution in [2.75, 3.05) is 10.7 Å². The summed E-state index contributed by atoms with van der Waals surface area (Å²) in [5, 5.41) is 17.8. The maximum Gasteiger partial charge on any atom is 0.197 e. The third-order valence-electron chi connectivity index (χ3n) is 1.01. The van der Waals surface area contributed by atoms with E-state index in [4.69, 9.17) is 10.9 Å². The number of halogens is 1. The molecule has 0 bridgehead atoms. The normalized spacial score (nSPS) is 10.4. The van der Waals surface area contributed by atoms with Crippen LogP contribution in [0.4, 0.5) is 5.82 Å². The fraction of sp³-hybridized carbons (Fsp3) is 0.400. The molecule has 0 atom stereocenters. The van der Waals surface area contributed by atoms with E-state index < -0.39 is 0 Å². The van der Waals surface area contributed by atoms with Gasteiger partial charge in [0.1, 0.15) is 5.71 Å². The summed E-state index contributed by atoms with van der Waals surface area (Å²) < 4.78 is 4.25. The number of nitrogen functional groups attached to an aromatic ring is 1. The zero-order valence-electron chi connectivity index (χ0n) is 6.65. The van der Waals surface area contributed by atoms with E-state index in [1.165, 1.54) is 6.92 Å². The molecule has 0 saturated carbocycles. The number of aromatic nitrogens is 2. The highest BCUT2D eigenvalue weighted by atomic mass is 127. The van der Waals surface area contributed by atoms with Gasteiger partial charge in [0, 0.05) is 0 Å². The Bertz CT molecular complexity index is 260. The van der Waals surface area contributed by atoms with E-state index in [-0.39, 0.29) is 17.2 Å². The predicted octanol–water partition coefficient (Wildman–Crippen LogP) is 0.901. The van der Waals surface area contributed by atoms with E-state index >= 15 is 0 Å². The Morgan fingerprint density at radius 3 is 2.50 bits per heavy atom. The fourth-order valence-electron chi connectivity index (χ4n) is 0.494. The van der Waals surface area contributed by atoms with E-state index in [1.54, 1.807) is 0 Å². The van der Waals surface area contributed by atoms with Gasteiger partial charge in [0.2, 0.25) is 0 Å². The van der Waals surface area contributed by atoms with E-state index in [0.717, 1.165) is 0 Å². The van der Waals surface area contributed by atoms with Gasteiger partial charge in [-0.2, -0.15) is 0 Å². The molecule has 7 heteroatoms. The van der Waals surface area contributed by atoms with Crippen molar-refractivity contribution in [2.24, 2.45) is 5.16 Å². The van der Waals surface area contributed by atoms with Crippen LogP contribution in [0.2, 0.25) is 0 Å². The lowest BCUT2D eigenvalue weighted by atomic mass is 10.3. The quantitative estimate of drug-likeness (QED) is 0.262. The van der Waals surface area contributed by atoms with E-state index in [9.17, 15) is 0 Å². The van der Waals surface area contributed by atoms with Gasteiger partial charge in [-0.15, -0.1) is 0 Å². The van der Waals surface area contributed by atoms with Crippen molar-refractivity contribution in [3.63, 3.8) is 0 Å². The van der Waals surface area contributed by atoms with Gasteiger partial charge in [-0.1, -0.05) is 27.7 Å². The van der Waals surface area contributed by atoms with E-state index in [0.29, 0.717) is 0 Å². The minimum absolute atomic E-state index is 0.121. The number of hydrogen-bond donors (Lipinski definition) is 2. The summed E-state index contributed by atoms with van der Waals surface area (Å²) in [5.41, 5.74) is 5.80. The van der Waals surface area contributed by atoms with Crippen LogP contribution in [0.15, 0.2) is 9.78 Å². The van der Waals surface area contributed by atoms with Crippen LogP contribution in [0.25, 0.3) is 0 Å². The molecule has 0 aliphatic heterocycles. The lowest BCUT2D eigenvalue weighted by Crippen LogP contribution is -1.99. The molecule has 1 heterocycles. The highest BCUT2D eigenvalue weighted by Crippen LogP contribution is 2.04. The molecule has 1 rings (SSSR count). The minimum Gasteiger partial charge on any atom is -0.411 e. The molecule has 0 amide bonds. The van der Waals surface area contributed by atoms with E-state index in [1.807, 2.05) is 4.93 Å².